The lowest BCUT2D eigenvalue weighted by Gasteiger charge is -2.38. The van der Waals surface area contributed by atoms with Gasteiger partial charge in [0.25, 0.3) is 0 Å². The SMILES string of the molecule is Cc1ccc(NC(=O)CSCC(=O)N2CCCCC2C(C)N)cc1. The van der Waals surface area contributed by atoms with Crippen molar-refractivity contribution in [3.63, 3.8) is 0 Å². The van der Waals surface area contributed by atoms with Gasteiger partial charge < -0.3 is 16.0 Å². The summed E-state index contributed by atoms with van der Waals surface area (Å²) in [7, 11) is 0. The van der Waals surface area contributed by atoms with E-state index in [1.54, 1.807) is 0 Å². The van der Waals surface area contributed by atoms with Gasteiger partial charge in [-0.25, -0.2) is 0 Å². The van der Waals surface area contributed by atoms with Crippen LogP contribution in [-0.4, -0.2) is 46.8 Å². The Labute approximate surface area is 148 Å². The zero-order valence-corrected chi connectivity index (χ0v) is 15.3. The Balaban J connectivity index is 1.75. The first-order chi connectivity index (χ1) is 11.5. The average molecular weight is 350 g/mol. The van der Waals surface area contributed by atoms with Gasteiger partial charge in [-0.15, -0.1) is 11.8 Å². The second kappa shape index (κ2) is 9.08. The molecular weight excluding hydrogens is 322 g/mol. The topological polar surface area (TPSA) is 75.4 Å². The van der Waals surface area contributed by atoms with Crippen LogP contribution in [0, 0.1) is 6.92 Å². The number of nitrogens with one attached hydrogen (secondary N) is 1. The number of hydrogen-bond donors (Lipinski definition) is 2. The minimum Gasteiger partial charge on any atom is -0.337 e. The van der Waals surface area contributed by atoms with Crippen molar-refractivity contribution in [2.75, 3.05) is 23.4 Å². The van der Waals surface area contributed by atoms with Gasteiger partial charge in [0.1, 0.15) is 0 Å². The van der Waals surface area contributed by atoms with E-state index in [4.69, 9.17) is 5.73 Å². The molecule has 0 bridgehead atoms. The third kappa shape index (κ3) is 5.53. The standard InChI is InChI=1S/C18H27N3O2S/c1-13-6-8-15(9-7-13)20-17(22)11-24-12-18(23)21-10-4-3-5-16(21)14(2)19/h6-9,14,16H,3-5,10-12,19H2,1-2H3,(H,20,22). The number of likely N-dealkylation sites (tertiary alicyclic amines) is 1. The van der Waals surface area contributed by atoms with E-state index >= 15 is 0 Å². The molecule has 5 nitrogen and oxygen atoms in total. The molecule has 0 spiro atoms. The van der Waals surface area contributed by atoms with Gasteiger partial charge in [-0.2, -0.15) is 0 Å². The zero-order valence-electron chi connectivity index (χ0n) is 14.5. The Kier molecular flexibility index (Phi) is 7.12. The fraction of sp³-hybridized carbons (Fsp3) is 0.556. The lowest BCUT2D eigenvalue weighted by atomic mass is 9.97. The number of rotatable bonds is 6. The molecule has 1 saturated heterocycles. The van der Waals surface area contributed by atoms with Gasteiger partial charge in [-0.05, 0) is 45.2 Å². The first-order valence-electron chi connectivity index (χ1n) is 8.46. The molecule has 1 heterocycles. The minimum absolute atomic E-state index is 0.0101. The summed E-state index contributed by atoms with van der Waals surface area (Å²) in [5, 5.41) is 2.84. The van der Waals surface area contributed by atoms with E-state index in [1.807, 2.05) is 43.0 Å². The molecule has 6 heteroatoms. The van der Waals surface area contributed by atoms with E-state index in [0.717, 1.165) is 37.1 Å². The third-order valence-corrected chi connectivity index (χ3v) is 5.19. The normalized spacial score (nSPS) is 19.0. The molecule has 1 aromatic rings. The maximum Gasteiger partial charge on any atom is 0.234 e. The number of anilines is 1. The van der Waals surface area contributed by atoms with Crippen LogP contribution in [0.15, 0.2) is 24.3 Å². The largest absolute Gasteiger partial charge is 0.337 e. The second-order valence-electron chi connectivity index (χ2n) is 6.42. The van der Waals surface area contributed by atoms with Crippen LogP contribution >= 0.6 is 11.8 Å². The van der Waals surface area contributed by atoms with Gasteiger partial charge in [-0.3, -0.25) is 9.59 Å². The van der Waals surface area contributed by atoms with Crippen molar-refractivity contribution in [1.29, 1.82) is 0 Å². The lowest BCUT2D eigenvalue weighted by Crippen LogP contribution is -2.52. The summed E-state index contributed by atoms with van der Waals surface area (Å²) < 4.78 is 0. The number of carbonyl (C=O) groups is 2. The molecule has 1 aliphatic rings. The molecule has 2 unspecified atom stereocenters. The fourth-order valence-corrected chi connectivity index (χ4v) is 3.66. The van der Waals surface area contributed by atoms with Crippen molar-refractivity contribution in [2.24, 2.45) is 5.73 Å². The highest BCUT2D eigenvalue weighted by Crippen LogP contribution is 2.20. The predicted octanol–water partition coefficient (Wildman–Crippen LogP) is 2.40. The summed E-state index contributed by atoms with van der Waals surface area (Å²) >= 11 is 1.36. The molecule has 0 aliphatic carbocycles. The molecule has 2 amide bonds. The summed E-state index contributed by atoms with van der Waals surface area (Å²) in [4.78, 5) is 26.3. The van der Waals surface area contributed by atoms with E-state index in [9.17, 15) is 9.59 Å². The Morgan fingerprint density at radius 3 is 2.67 bits per heavy atom. The maximum absolute atomic E-state index is 12.4. The van der Waals surface area contributed by atoms with Crippen LogP contribution in [0.1, 0.15) is 31.7 Å². The highest BCUT2D eigenvalue weighted by Gasteiger charge is 2.28. The number of piperidine rings is 1. The fourth-order valence-electron chi connectivity index (χ4n) is 2.96. The van der Waals surface area contributed by atoms with Gasteiger partial charge in [0.15, 0.2) is 0 Å². The van der Waals surface area contributed by atoms with Gasteiger partial charge in [0, 0.05) is 24.3 Å². The number of carbonyl (C=O) groups excluding carboxylic acids is 2. The van der Waals surface area contributed by atoms with Crippen LogP contribution in [0.4, 0.5) is 5.69 Å². The third-order valence-electron chi connectivity index (χ3n) is 4.27. The molecule has 2 rings (SSSR count). The zero-order chi connectivity index (χ0) is 17.5. The van der Waals surface area contributed by atoms with Crippen LogP contribution in [0.25, 0.3) is 0 Å². The van der Waals surface area contributed by atoms with Crippen molar-refractivity contribution >= 4 is 29.3 Å². The van der Waals surface area contributed by atoms with E-state index in [0.29, 0.717) is 5.75 Å². The molecule has 0 aromatic heterocycles. The van der Waals surface area contributed by atoms with E-state index in [2.05, 4.69) is 5.32 Å². The van der Waals surface area contributed by atoms with Crippen molar-refractivity contribution in [1.82, 2.24) is 4.90 Å². The Morgan fingerprint density at radius 2 is 2.00 bits per heavy atom. The number of benzene rings is 1. The van der Waals surface area contributed by atoms with Crippen LogP contribution in [-0.2, 0) is 9.59 Å². The average Bonchev–Trinajstić information content (AvgIpc) is 2.56. The van der Waals surface area contributed by atoms with Gasteiger partial charge in [-0.1, -0.05) is 17.7 Å². The van der Waals surface area contributed by atoms with Crippen molar-refractivity contribution in [3.8, 4) is 0 Å². The lowest BCUT2D eigenvalue weighted by molar-refractivity contribution is -0.132. The van der Waals surface area contributed by atoms with Gasteiger partial charge in [0.2, 0.25) is 11.8 Å². The van der Waals surface area contributed by atoms with Crippen LogP contribution in [0.2, 0.25) is 0 Å². The minimum atomic E-state index is -0.0842. The summed E-state index contributed by atoms with van der Waals surface area (Å²) in [5.74, 6) is 0.602. The summed E-state index contributed by atoms with van der Waals surface area (Å²) in [6.07, 6.45) is 3.14. The number of nitrogens with zero attached hydrogens (tertiary/aromatic N) is 1. The number of amides is 2. The van der Waals surface area contributed by atoms with Crippen LogP contribution in [0.3, 0.4) is 0 Å². The molecule has 24 heavy (non-hydrogen) atoms. The number of hydrogen-bond acceptors (Lipinski definition) is 4. The Hall–Kier alpha value is -1.53. The monoisotopic (exact) mass is 349 g/mol. The van der Waals surface area contributed by atoms with Gasteiger partial charge >= 0.3 is 0 Å². The number of thioether (sulfide) groups is 1. The molecule has 132 valence electrons. The quantitative estimate of drug-likeness (QED) is 0.827. The first-order valence-corrected chi connectivity index (χ1v) is 9.62. The summed E-state index contributed by atoms with van der Waals surface area (Å²) in [6, 6.07) is 7.79. The highest BCUT2D eigenvalue weighted by molar-refractivity contribution is 8.00. The molecule has 2 atom stereocenters. The summed E-state index contributed by atoms with van der Waals surface area (Å²) in [5.41, 5.74) is 7.94. The number of nitrogens with two attached hydrogens (primary N) is 1. The molecule has 0 radical (unpaired) electrons. The maximum atomic E-state index is 12.4. The summed E-state index contributed by atoms with van der Waals surface area (Å²) in [6.45, 7) is 4.74. The molecule has 0 saturated carbocycles. The van der Waals surface area contributed by atoms with Crippen LogP contribution < -0.4 is 11.1 Å². The smallest absolute Gasteiger partial charge is 0.234 e. The first kappa shape index (κ1) is 18.8. The highest BCUT2D eigenvalue weighted by atomic mass is 32.2. The van der Waals surface area contributed by atoms with E-state index in [1.165, 1.54) is 11.8 Å². The van der Waals surface area contributed by atoms with Crippen LogP contribution in [0.5, 0.6) is 0 Å². The molecular formula is C18H27N3O2S. The van der Waals surface area contributed by atoms with E-state index < -0.39 is 0 Å². The Bertz CT molecular complexity index is 560. The molecule has 1 aromatic carbocycles. The van der Waals surface area contributed by atoms with Crippen molar-refractivity contribution in [2.45, 2.75) is 45.2 Å². The van der Waals surface area contributed by atoms with Crippen molar-refractivity contribution < 1.29 is 9.59 Å². The molecule has 1 fully saturated rings. The predicted molar refractivity (Wildman–Crippen MR) is 100 cm³/mol. The molecule has 3 N–H and O–H groups in total. The second-order valence-corrected chi connectivity index (χ2v) is 7.40. The Morgan fingerprint density at radius 1 is 1.29 bits per heavy atom. The molecule has 1 aliphatic heterocycles. The van der Waals surface area contributed by atoms with Gasteiger partial charge in [0.05, 0.1) is 11.5 Å². The number of aryl methyl sites for hydroxylation is 1. The van der Waals surface area contributed by atoms with Crippen molar-refractivity contribution in [3.05, 3.63) is 29.8 Å². The van der Waals surface area contributed by atoms with E-state index in [-0.39, 0.29) is 29.7 Å².